The number of likely N-dealkylation sites (tertiary alicyclic amines) is 1. The van der Waals surface area contributed by atoms with Crippen LogP contribution in [0.15, 0.2) is 59.1 Å². The lowest BCUT2D eigenvalue weighted by atomic mass is 9.69. The molecule has 2 fully saturated rings. The molecule has 0 bridgehead atoms. The van der Waals surface area contributed by atoms with E-state index in [4.69, 9.17) is 21.2 Å². The van der Waals surface area contributed by atoms with Crippen molar-refractivity contribution in [3.05, 3.63) is 76.6 Å². The largest absolute Gasteiger partial charge is 0.481 e. The molecule has 3 aromatic rings. The Kier molecular flexibility index (Phi) is 6.53. The first-order valence-corrected chi connectivity index (χ1v) is 12.2. The molecule has 2 aliphatic rings. The average molecular weight is 478 g/mol. The molecule has 0 spiro atoms. The highest BCUT2D eigenvalue weighted by Crippen LogP contribution is 2.41. The number of hydrogen-bond donors (Lipinski definition) is 1. The molecule has 5 rings (SSSR count). The summed E-state index contributed by atoms with van der Waals surface area (Å²) >= 11 is 6.12. The van der Waals surface area contributed by atoms with Gasteiger partial charge in [-0.1, -0.05) is 78.5 Å². The highest BCUT2D eigenvalue weighted by Gasteiger charge is 2.32. The number of halogens is 1. The van der Waals surface area contributed by atoms with Gasteiger partial charge in [0.05, 0.1) is 5.92 Å². The van der Waals surface area contributed by atoms with E-state index in [1.54, 1.807) is 0 Å². The molecule has 1 aliphatic heterocycles. The standard InChI is InChI=1S/C27H28ClN3O3/c28-23-10-8-22(9-11-23)27(13-2-1-3-14-27)15-12-24-29-25(30-34-24)20-6-4-19(5-7-20)16-31-17-21(18-31)26(32)33/h4-12,15,21H,1-3,13-14,16-18H2,(H,32,33). The molecule has 2 heterocycles. The number of nitrogens with zero attached hydrogens (tertiary/aromatic N) is 3. The molecule has 176 valence electrons. The van der Waals surface area contributed by atoms with Crippen LogP contribution >= 0.6 is 11.6 Å². The number of benzene rings is 2. The second kappa shape index (κ2) is 9.72. The van der Waals surface area contributed by atoms with Crippen molar-refractivity contribution in [3.8, 4) is 11.4 Å². The van der Waals surface area contributed by atoms with Crippen LogP contribution in [-0.4, -0.2) is 39.2 Å². The maximum absolute atomic E-state index is 11.0. The Labute approximate surface area is 204 Å². The van der Waals surface area contributed by atoms with Crippen LogP contribution in [0.4, 0.5) is 0 Å². The summed E-state index contributed by atoms with van der Waals surface area (Å²) in [6.45, 7) is 1.96. The van der Waals surface area contributed by atoms with Crippen molar-refractivity contribution in [3.63, 3.8) is 0 Å². The molecule has 6 nitrogen and oxygen atoms in total. The van der Waals surface area contributed by atoms with Gasteiger partial charge >= 0.3 is 5.97 Å². The fourth-order valence-corrected chi connectivity index (χ4v) is 5.17. The summed E-state index contributed by atoms with van der Waals surface area (Å²) in [5.41, 5.74) is 3.28. The van der Waals surface area contributed by atoms with Gasteiger partial charge in [0.25, 0.3) is 5.89 Å². The topological polar surface area (TPSA) is 79.5 Å². The number of carbonyl (C=O) groups is 1. The second-order valence-corrected chi connectivity index (χ2v) is 9.88. The average Bonchev–Trinajstić information content (AvgIpc) is 3.30. The molecule has 0 amide bonds. The number of allylic oxidation sites excluding steroid dienone is 1. The van der Waals surface area contributed by atoms with E-state index in [-0.39, 0.29) is 11.3 Å². The third kappa shape index (κ3) is 4.93. The molecule has 0 radical (unpaired) electrons. The van der Waals surface area contributed by atoms with E-state index in [9.17, 15) is 4.79 Å². The Morgan fingerprint density at radius 3 is 2.47 bits per heavy atom. The molecule has 0 atom stereocenters. The maximum atomic E-state index is 11.0. The van der Waals surface area contributed by atoms with E-state index in [0.29, 0.717) is 24.8 Å². The fraction of sp³-hybridized carbons (Fsp3) is 0.370. The van der Waals surface area contributed by atoms with Gasteiger partial charge < -0.3 is 9.63 Å². The highest BCUT2D eigenvalue weighted by atomic mass is 35.5. The van der Waals surface area contributed by atoms with Gasteiger partial charge in [-0.25, -0.2) is 0 Å². The number of carboxylic acids is 1. The second-order valence-electron chi connectivity index (χ2n) is 9.44. The molecule has 34 heavy (non-hydrogen) atoms. The normalized spacial score (nSPS) is 18.7. The van der Waals surface area contributed by atoms with Crippen molar-refractivity contribution < 1.29 is 14.4 Å². The van der Waals surface area contributed by atoms with Crippen LogP contribution in [0.2, 0.25) is 5.02 Å². The third-order valence-corrected chi connectivity index (χ3v) is 7.33. The monoisotopic (exact) mass is 477 g/mol. The zero-order valence-corrected chi connectivity index (χ0v) is 19.7. The molecular formula is C27H28ClN3O3. The Hall–Kier alpha value is -2.96. The summed E-state index contributed by atoms with van der Waals surface area (Å²) in [7, 11) is 0. The van der Waals surface area contributed by atoms with Crippen LogP contribution in [0, 0.1) is 5.92 Å². The van der Waals surface area contributed by atoms with Crippen molar-refractivity contribution in [2.75, 3.05) is 13.1 Å². The molecule has 1 N–H and O–H groups in total. The van der Waals surface area contributed by atoms with E-state index in [0.717, 1.165) is 35.5 Å². The minimum absolute atomic E-state index is 0.0321. The Morgan fingerprint density at radius 1 is 1.09 bits per heavy atom. The van der Waals surface area contributed by atoms with E-state index in [2.05, 4.69) is 33.2 Å². The zero-order chi connectivity index (χ0) is 23.5. The molecule has 1 aliphatic carbocycles. The van der Waals surface area contributed by atoms with Crippen molar-refractivity contribution in [2.45, 2.75) is 44.1 Å². The van der Waals surface area contributed by atoms with Crippen LogP contribution in [0.5, 0.6) is 0 Å². The third-order valence-electron chi connectivity index (χ3n) is 7.08. The van der Waals surface area contributed by atoms with Crippen LogP contribution in [0.25, 0.3) is 17.5 Å². The summed E-state index contributed by atoms with van der Waals surface area (Å²) in [6.07, 6.45) is 10.0. The summed E-state index contributed by atoms with van der Waals surface area (Å²) in [5, 5.41) is 13.9. The summed E-state index contributed by atoms with van der Waals surface area (Å²) < 4.78 is 5.53. The number of hydrogen-bond acceptors (Lipinski definition) is 5. The molecule has 1 saturated heterocycles. The summed E-state index contributed by atoms with van der Waals surface area (Å²) in [6, 6.07) is 16.2. The lowest BCUT2D eigenvalue weighted by Crippen LogP contribution is -2.49. The summed E-state index contributed by atoms with van der Waals surface area (Å²) in [4.78, 5) is 17.7. The molecule has 0 unspecified atom stereocenters. The molecule has 1 saturated carbocycles. The Morgan fingerprint density at radius 2 is 1.79 bits per heavy atom. The fourth-order valence-electron chi connectivity index (χ4n) is 5.04. The number of carboxylic acid groups (broad SMARTS) is 1. The summed E-state index contributed by atoms with van der Waals surface area (Å²) in [5.74, 6) is 0.109. The smallest absolute Gasteiger partial charge is 0.309 e. The van der Waals surface area contributed by atoms with E-state index in [1.165, 1.54) is 24.8 Å². The first kappa shape index (κ1) is 22.8. The van der Waals surface area contributed by atoms with Gasteiger partial charge in [0, 0.05) is 41.7 Å². The number of aromatic nitrogens is 2. The minimum atomic E-state index is -0.712. The van der Waals surface area contributed by atoms with E-state index < -0.39 is 5.97 Å². The first-order valence-electron chi connectivity index (χ1n) is 11.8. The Bertz CT molecular complexity index is 1160. The lowest BCUT2D eigenvalue weighted by Gasteiger charge is -2.36. The number of aliphatic carboxylic acids is 1. The van der Waals surface area contributed by atoms with Gasteiger partial charge in [-0.3, -0.25) is 9.69 Å². The van der Waals surface area contributed by atoms with Crippen molar-refractivity contribution in [1.82, 2.24) is 15.0 Å². The van der Waals surface area contributed by atoms with Gasteiger partial charge in [0.1, 0.15) is 0 Å². The molecule has 7 heteroatoms. The lowest BCUT2D eigenvalue weighted by molar-refractivity contribution is -0.147. The van der Waals surface area contributed by atoms with Crippen molar-refractivity contribution >= 4 is 23.6 Å². The van der Waals surface area contributed by atoms with E-state index in [1.807, 2.05) is 42.5 Å². The van der Waals surface area contributed by atoms with Gasteiger partial charge in [-0.05, 0) is 36.1 Å². The minimum Gasteiger partial charge on any atom is -0.481 e. The van der Waals surface area contributed by atoms with Crippen LogP contribution in [0.3, 0.4) is 0 Å². The zero-order valence-electron chi connectivity index (χ0n) is 19.0. The predicted octanol–water partition coefficient (Wildman–Crippen LogP) is 5.82. The van der Waals surface area contributed by atoms with Crippen molar-refractivity contribution in [2.24, 2.45) is 5.92 Å². The van der Waals surface area contributed by atoms with Crippen molar-refractivity contribution in [1.29, 1.82) is 0 Å². The van der Waals surface area contributed by atoms with E-state index >= 15 is 0 Å². The number of rotatable bonds is 7. The molecule has 2 aromatic carbocycles. The molecule has 1 aromatic heterocycles. The van der Waals surface area contributed by atoms with Crippen LogP contribution in [0.1, 0.15) is 49.1 Å². The first-order chi connectivity index (χ1) is 16.5. The predicted molar refractivity (Wildman–Crippen MR) is 131 cm³/mol. The SMILES string of the molecule is O=C(O)C1CN(Cc2ccc(-c3noc(C=CC4(c5ccc(Cl)cc5)CCCCC4)n3)cc2)C1. The van der Waals surface area contributed by atoms with Crippen LogP contribution in [-0.2, 0) is 16.8 Å². The quantitative estimate of drug-likeness (QED) is 0.461. The van der Waals surface area contributed by atoms with Gasteiger partial charge in [-0.2, -0.15) is 4.98 Å². The maximum Gasteiger partial charge on any atom is 0.309 e. The van der Waals surface area contributed by atoms with Gasteiger partial charge in [0.15, 0.2) is 0 Å². The van der Waals surface area contributed by atoms with Crippen LogP contribution < -0.4 is 0 Å². The van der Waals surface area contributed by atoms with Gasteiger partial charge in [0.2, 0.25) is 5.82 Å². The molecular weight excluding hydrogens is 450 g/mol. The Balaban J connectivity index is 1.27. The van der Waals surface area contributed by atoms with Gasteiger partial charge in [-0.15, -0.1) is 0 Å². The highest BCUT2D eigenvalue weighted by molar-refractivity contribution is 6.30.